The number of rotatable bonds is 18. The summed E-state index contributed by atoms with van der Waals surface area (Å²) in [6.45, 7) is 11.6. The van der Waals surface area contributed by atoms with Gasteiger partial charge in [0.05, 0.1) is 42.7 Å². The largest absolute Gasteiger partial charge is 0.493 e. The molecule has 7 rings (SSSR count). The van der Waals surface area contributed by atoms with E-state index in [2.05, 4.69) is 0 Å². The van der Waals surface area contributed by atoms with E-state index in [1.165, 1.54) is 42.7 Å². The summed E-state index contributed by atoms with van der Waals surface area (Å²) in [4.78, 5) is 0. The Morgan fingerprint density at radius 2 is 0.394 bits per heavy atom. The van der Waals surface area contributed by atoms with E-state index >= 15 is 0 Å². The second-order valence-corrected chi connectivity index (χ2v) is 21.4. The molecule has 0 saturated carbocycles. The lowest BCUT2D eigenvalue weighted by Crippen LogP contribution is -2.12. The van der Waals surface area contributed by atoms with Crippen LogP contribution in [0, 0.1) is 41.5 Å². The molecule has 0 unspecified atom stereocenters. The second-order valence-electron chi connectivity index (χ2n) is 15.2. The van der Waals surface area contributed by atoms with Crippen molar-refractivity contribution in [1.29, 1.82) is 0 Å². The Morgan fingerprint density at radius 1 is 0.242 bits per heavy atom. The summed E-state index contributed by atoms with van der Waals surface area (Å²) in [5.41, 5.74) is 5.41. The van der Waals surface area contributed by atoms with Crippen molar-refractivity contribution in [2.45, 2.75) is 41.5 Å². The Labute approximate surface area is 386 Å². The van der Waals surface area contributed by atoms with Crippen LogP contribution >= 0.6 is 23.0 Å². The molecule has 348 valence electrons. The molecule has 18 heteroatoms. The van der Waals surface area contributed by atoms with Crippen molar-refractivity contribution in [3.8, 4) is 69.0 Å². The first-order valence-electron chi connectivity index (χ1n) is 20.6. The molecular weight excluding hydrogens is 903 g/mol. The van der Waals surface area contributed by atoms with Crippen LogP contribution in [0.3, 0.4) is 0 Å². The van der Waals surface area contributed by atoms with Crippen LogP contribution < -0.4 is 55.6 Å². The van der Waals surface area contributed by atoms with Gasteiger partial charge in [-0.15, -0.1) is 0 Å². The molecular formula is C48H54N3O12P3. The number of methoxy groups -OCH3 is 6. The summed E-state index contributed by atoms with van der Waals surface area (Å²) in [7, 11) is -4.09. The fraction of sp³-hybridized carbons (Fsp3) is 0.250. The summed E-state index contributed by atoms with van der Waals surface area (Å²) < 4.78 is 94.5. The van der Waals surface area contributed by atoms with Crippen molar-refractivity contribution in [3.05, 3.63) is 143 Å². The zero-order valence-corrected chi connectivity index (χ0v) is 41.7. The highest BCUT2D eigenvalue weighted by Gasteiger charge is 2.50. The summed E-state index contributed by atoms with van der Waals surface area (Å²) in [5.74, 6) is 3.47. The van der Waals surface area contributed by atoms with Crippen LogP contribution in [0.5, 0.6) is 69.0 Å². The molecule has 6 aromatic rings. The zero-order chi connectivity index (χ0) is 47.2. The van der Waals surface area contributed by atoms with Crippen molar-refractivity contribution < 1.29 is 55.6 Å². The van der Waals surface area contributed by atoms with Gasteiger partial charge in [0.1, 0.15) is 0 Å². The zero-order valence-electron chi connectivity index (χ0n) is 39.0. The number of nitrogens with zero attached hydrogens (tertiary/aromatic N) is 3. The van der Waals surface area contributed by atoms with E-state index in [4.69, 9.17) is 69.1 Å². The van der Waals surface area contributed by atoms with Crippen LogP contribution in [-0.2, 0) is 0 Å². The van der Waals surface area contributed by atoms with Gasteiger partial charge in [-0.2, -0.15) is 0 Å². The van der Waals surface area contributed by atoms with E-state index in [1.807, 2.05) is 114 Å². The maximum absolute atomic E-state index is 7.14. The average Bonchev–Trinajstić information content (AvgIpc) is 3.29. The Bertz CT molecular complexity index is 2430. The van der Waals surface area contributed by atoms with Crippen molar-refractivity contribution >= 4 is 23.0 Å². The average molecular weight is 958 g/mol. The summed E-state index contributed by atoms with van der Waals surface area (Å²) in [5, 5.41) is 0. The Morgan fingerprint density at radius 3 is 0.530 bits per heavy atom. The number of aryl methyl sites for hydroxylation is 6. The van der Waals surface area contributed by atoms with Crippen molar-refractivity contribution in [2.24, 2.45) is 13.5 Å². The van der Waals surface area contributed by atoms with E-state index in [0.717, 1.165) is 33.4 Å². The molecule has 0 radical (unpaired) electrons. The van der Waals surface area contributed by atoms with Gasteiger partial charge < -0.3 is 55.6 Å². The third-order valence-electron chi connectivity index (χ3n) is 9.90. The number of ether oxygens (including phenoxy) is 6. The van der Waals surface area contributed by atoms with Crippen LogP contribution in [0.15, 0.2) is 123 Å². The molecule has 6 aromatic carbocycles. The molecule has 0 atom stereocenters. The molecule has 66 heavy (non-hydrogen) atoms. The number of benzene rings is 6. The van der Waals surface area contributed by atoms with Gasteiger partial charge in [-0.3, -0.25) is 0 Å². The third kappa shape index (κ3) is 10.7. The quantitative estimate of drug-likeness (QED) is 0.0755. The van der Waals surface area contributed by atoms with E-state index < -0.39 is 23.0 Å². The fourth-order valence-corrected chi connectivity index (χ4v) is 15.8. The Kier molecular flexibility index (Phi) is 14.4. The van der Waals surface area contributed by atoms with Crippen LogP contribution in [0.25, 0.3) is 0 Å². The number of hydrogen-bond acceptors (Lipinski definition) is 15. The van der Waals surface area contributed by atoms with Crippen molar-refractivity contribution in [3.63, 3.8) is 0 Å². The van der Waals surface area contributed by atoms with E-state index in [9.17, 15) is 0 Å². The molecule has 0 fully saturated rings. The van der Waals surface area contributed by atoms with Gasteiger partial charge >= 0.3 is 23.0 Å². The van der Waals surface area contributed by atoms with Gasteiger partial charge in [0.2, 0.25) is 0 Å². The van der Waals surface area contributed by atoms with Gasteiger partial charge in [0, 0.05) is 0 Å². The standard InChI is InChI=1S/C48H54N3O12P3/c1-31-13-19-37(43(25-31)52-7)58-64(59-38-20-14-32(2)26-44(38)53-8)49-65(60-39-21-15-33(3)27-45(39)54-9,61-40-22-16-34(4)28-46(40)55-10)51-66(50-64,62-41-23-17-35(5)29-47(41)56-11)63-42-24-18-36(6)30-48(42)57-12/h13-30H,1-12H3. The molecule has 0 N–H and O–H groups in total. The van der Waals surface area contributed by atoms with Crippen molar-refractivity contribution in [2.75, 3.05) is 42.7 Å². The van der Waals surface area contributed by atoms with Crippen LogP contribution in [0.1, 0.15) is 33.4 Å². The molecule has 0 saturated heterocycles. The lowest BCUT2D eigenvalue weighted by Gasteiger charge is -2.34. The molecule has 1 aliphatic rings. The lowest BCUT2D eigenvalue weighted by molar-refractivity contribution is 0.365. The summed E-state index contributed by atoms with van der Waals surface area (Å²) >= 11 is 0. The van der Waals surface area contributed by atoms with Gasteiger partial charge in [-0.1, -0.05) is 49.9 Å². The lowest BCUT2D eigenvalue weighted by atomic mass is 10.2. The van der Waals surface area contributed by atoms with Crippen LogP contribution in [0.2, 0.25) is 0 Å². The van der Waals surface area contributed by atoms with Crippen LogP contribution in [-0.4, -0.2) is 42.7 Å². The molecule has 1 aliphatic heterocycles. The van der Waals surface area contributed by atoms with E-state index in [1.54, 1.807) is 36.4 Å². The first kappa shape index (κ1) is 47.6. The van der Waals surface area contributed by atoms with Gasteiger partial charge in [-0.05, 0) is 148 Å². The molecule has 0 aromatic heterocycles. The molecule has 15 nitrogen and oxygen atoms in total. The minimum atomic E-state index is -4.44. The highest BCUT2D eigenvalue weighted by Crippen LogP contribution is 2.80. The predicted molar refractivity (Wildman–Crippen MR) is 258 cm³/mol. The molecule has 0 bridgehead atoms. The predicted octanol–water partition coefficient (Wildman–Crippen LogP) is 14.2. The first-order valence-corrected chi connectivity index (χ1v) is 25.2. The molecule has 0 amide bonds. The first-order chi connectivity index (χ1) is 31.6. The second kappa shape index (κ2) is 20.0. The fourth-order valence-electron chi connectivity index (χ4n) is 6.63. The molecule has 0 aliphatic carbocycles. The minimum absolute atomic E-state index is 0.217. The highest BCUT2D eigenvalue weighted by molar-refractivity contribution is 7.79. The topological polar surface area (TPSA) is 148 Å². The van der Waals surface area contributed by atoms with Gasteiger partial charge in [0.25, 0.3) is 0 Å². The maximum Gasteiger partial charge on any atom is 0.461 e. The van der Waals surface area contributed by atoms with Gasteiger partial charge in [-0.25, -0.2) is 0 Å². The third-order valence-corrected chi connectivity index (χ3v) is 17.9. The van der Waals surface area contributed by atoms with Crippen LogP contribution in [0.4, 0.5) is 0 Å². The normalized spacial score (nSPS) is 14.2. The van der Waals surface area contributed by atoms with E-state index in [0.29, 0.717) is 34.5 Å². The monoisotopic (exact) mass is 957 g/mol. The SMILES string of the molecule is COc1cc(C)ccc1OP1(Oc2ccc(C)cc2OC)=NP(Oc2ccc(C)cc2OC)(Oc2ccc(C)cc2OC)=NP(Oc2ccc(C)cc2OC)(Oc2ccc(C)cc2OC)=N1. The van der Waals surface area contributed by atoms with Gasteiger partial charge in [0.15, 0.2) is 69.0 Å². The highest BCUT2D eigenvalue weighted by atomic mass is 31.3. The summed E-state index contributed by atoms with van der Waals surface area (Å²) in [6, 6.07) is 32.5. The molecule has 1 heterocycles. The molecule has 0 spiro atoms. The minimum Gasteiger partial charge on any atom is -0.493 e. The maximum atomic E-state index is 7.14. The smallest absolute Gasteiger partial charge is 0.461 e. The number of hydrogen-bond donors (Lipinski definition) is 0. The Balaban J connectivity index is 1.70. The summed E-state index contributed by atoms with van der Waals surface area (Å²) in [6.07, 6.45) is 0. The van der Waals surface area contributed by atoms with Crippen molar-refractivity contribution in [1.82, 2.24) is 0 Å². The van der Waals surface area contributed by atoms with E-state index in [-0.39, 0.29) is 34.5 Å². The Hall–Kier alpha value is -6.39.